The van der Waals surface area contributed by atoms with Crippen molar-refractivity contribution in [3.05, 3.63) is 51.9 Å². The molecule has 0 unspecified atom stereocenters. The van der Waals surface area contributed by atoms with Crippen LogP contribution in [0.25, 0.3) is 21.9 Å². The normalized spacial score (nSPS) is 11.3. The average Bonchev–Trinajstić information content (AvgIpc) is 2.76. The van der Waals surface area contributed by atoms with Crippen molar-refractivity contribution in [3.63, 3.8) is 0 Å². The Bertz CT molecular complexity index is 1130. The topological polar surface area (TPSA) is 96.3 Å². The van der Waals surface area contributed by atoms with Crippen molar-refractivity contribution >= 4 is 27.8 Å². The van der Waals surface area contributed by atoms with Gasteiger partial charge in [0.1, 0.15) is 16.7 Å². The number of hydrogen-bond acceptors (Lipinski definition) is 5. The molecule has 0 saturated heterocycles. The number of amides is 1. The van der Waals surface area contributed by atoms with Crippen molar-refractivity contribution in [3.8, 4) is 0 Å². The highest BCUT2D eigenvalue weighted by molar-refractivity contribution is 6.04. The second kappa shape index (κ2) is 11.5. The molecule has 2 heterocycles. The molecule has 0 aliphatic heterocycles. The van der Waals surface area contributed by atoms with E-state index in [1.807, 2.05) is 0 Å². The van der Waals surface area contributed by atoms with E-state index in [-0.39, 0.29) is 17.0 Å². The molecule has 0 aliphatic carbocycles. The summed E-state index contributed by atoms with van der Waals surface area (Å²) in [6.45, 7) is 2.80. The first kappa shape index (κ1) is 22.8. The molecule has 31 heavy (non-hydrogen) atoms. The third kappa shape index (κ3) is 6.29. The van der Waals surface area contributed by atoms with Crippen LogP contribution >= 0.6 is 0 Å². The maximum atomic E-state index is 12.6. The maximum Gasteiger partial charge on any atom is 0.336 e. The highest BCUT2D eigenvalue weighted by Gasteiger charge is 2.14. The number of benzene rings is 1. The molecular formula is C25H32N2O4. The van der Waals surface area contributed by atoms with Gasteiger partial charge in [-0.05, 0) is 30.7 Å². The van der Waals surface area contributed by atoms with Crippen LogP contribution in [0.4, 0.5) is 0 Å². The van der Waals surface area contributed by atoms with E-state index in [1.54, 1.807) is 24.3 Å². The molecule has 0 radical (unpaired) electrons. The number of unbranched alkanes of at least 4 members (excludes halogenated alkanes) is 9. The number of hydrogen-bond donors (Lipinski definition) is 2. The quantitative estimate of drug-likeness (QED) is 0.222. The summed E-state index contributed by atoms with van der Waals surface area (Å²) in [7, 11) is 0. The zero-order valence-electron chi connectivity index (χ0n) is 18.3. The van der Waals surface area contributed by atoms with Gasteiger partial charge in [0.15, 0.2) is 0 Å². The van der Waals surface area contributed by atoms with E-state index >= 15 is 0 Å². The van der Waals surface area contributed by atoms with Crippen molar-refractivity contribution in [1.29, 1.82) is 5.41 Å². The molecule has 0 fully saturated rings. The molecule has 0 spiro atoms. The first-order valence-corrected chi connectivity index (χ1v) is 11.4. The SMILES string of the molecule is CCCCCCCCCCCCNC(=O)c1cc2c(ccc3ccc(=O)oc32)oc1=N. The van der Waals surface area contributed by atoms with Gasteiger partial charge in [-0.1, -0.05) is 64.7 Å². The molecule has 6 heteroatoms. The summed E-state index contributed by atoms with van der Waals surface area (Å²) < 4.78 is 10.8. The fourth-order valence-electron chi connectivity index (χ4n) is 3.81. The maximum absolute atomic E-state index is 12.6. The highest BCUT2D eigenvalue weighted by Crippen LogP contribution is 2.24. The van der Waals surface area contributed by atoms with Crippen molar-refractivity contribution in [2.45, 2.75) is 71.1 Å². The summed E-state index contributed by atoms with van der Waals surface area (Å²) in [6.07, 6.45) is 12.4. The van der Waals surface area contributed by atoms with E-state index in [1.165, 1.54) is 57.4 Å². The molecule has 166 valence electrons. The van der Waals surface area contributed by atoms with Gasteiger partial charge in [-0.3, -0.25) is 10.2 Å². The first-order valence-electron chi connectivity index (χ1n) is 11.4. The molecule has 2 N–H and O–H groups in total. The lowest BCUT2D eigenvalue weighted by Gasteiger charge is -2.07. The molecule has 1 amide bonds. The number of nitrogens with one attached hydrogen (secondary N) is 2. The van der Waals surface area contributed by atoms with Crippen LogP contribution in [0.15, 0.2) is 44.0 Å². The predicted octanol–water partition coefficient (Wildman–Crippen LogP) is 5.67. The Balaban J connectivity index is 1.51. The predicted molar refractivity (Wildman–Crippen MR) is 122 cm³/mol. The molecule has 0 atom stereocenters. The van der Waals surface area contributed by atoms with E-state index in [0.29, 0.717) is 23.1 Å². The number of carbonyl (C=O) groups excluding carboxylic acids is 1. The van der Waals surface area contributed by atoms with Crippen LogP contribution in [0.5, 0.6) is 0 Å². The van der Waals surface area contributed by atoms with Crippen LogP contribution in [-0.2, 0) is 0 Å². The Kier molecular flexibility index (Phi) is 8.44. The summed E-state index contributed by atoms with van der Waals surface area (Å²) in [6, 6.07) is 8.06. The van der Waals surface area contributed by atoms with Gasteiger partial charge in [-0.25, -0.2) is 4.79 Å². The molecule has 3 rings (SSSR count). The third-order valence-corrected chi connectivity index (χ3v) is 5.59. The zero-order chi connectivity index (χ0) is 22.1. The van der Waals surface area contributed by atoms with E-state index in [2.05, 4.69) is 12.2 Å². The third-order valence-electron chi connectivity index (χ3n) is 5.59. The van der Waals surface area contributed by atoms with Gasteiger partial charge < -0.3 is 14.2 Å². The fourth-order valence-corrected chi connectivity index (χ4v) is 3.81. The molecule has 6 nitrogen and oxygen atoms in total. The van der Waals surface area contributed by atoms with E-state index in [4.69, 9.17) is 14.2 Å². The van der Waals surface area contributed by atoms with Gasteiger partial charge in [0.2, 0.25) is 5.55 Å². The van der Waals surface area contributed by atoms with Crippen LogP contribution in [0.1, 0.15) is 81.5 Å². The number of fused-ring (bicyclic) bond motifs is 3. The summed E-state index contributed by atoms with van der Waals surface area (Å²) in [4.78, 5) is 24.2. The minimum Gasteiger partial charge on any atom is -0.438 e. The van der Waals surface area contributed by atoms with Gasteiger partial charge in [-0.15, -0.1) is 0 Å². The van der Waals surface area contributed by atoms with Crippen molar-refractivity contribution < 1.29 is 13.6 Å². The Morgan fingerprint density at radius 2 is 1.55 bits per heavy atom. The van der Waals surface area contributed by atoms with Gasteiger partial charge >= 0.3 is 5.63 Å². The van der Waals surface area contributed by atoms with Crippen molar-refractivity contribution in [1.82, 2.24) is 5.32 Å². The van der Waals surface area contributed by atoms with Crippen LogP contribution in [0, 0.1) is 5.41 Å². The van der Waals surface area contributed by atoms with Crippen molar-refractivity contribution in [2.24, 2.45) is 0 Å². The summed E-state index contributed by atoms with van der Waals surface area (Å²) >= 11 is 0. The van der Waals surface area contributed by atoms with Crippen LogP contribution < -0.4 is 16.5 Å². The highest BCUT2D eigenvalue weighted by atomic mass is 16.4. The Labute approximate surface area is 182 Å². The second-order valence-corrected chi connectivity index (χ2v) is 8.08. The molecule has 0 saturated carbocycles. The average molecular weight is 425 g/mol. The minimum atomic E-state index is -0.470. The number of carbonyl (C=O) groups is 1. The smallest absolute Gasteiger partial charge is 0.336 e. The summed E-state index contributed by atoms with van der Waals surface area (Å²) in [5.74, 6) is -0.346. The zero-order valence-corrected chi connectivity index (χ0v) is 18.3. The molecular weight excluding hydrogens is 392 g/mol. The lowest BCUT2D eigenvalue weighted by Crippen LogP contribution is -2.29. The summed E-state index contributed by atoms with van der Waals surface area (Å²) in [5.41, 5.74) is 0.224. The van der Waals surface area contributed by atoms with E-state index < -0.39 is 5.63 Å². The van der Waals surface area contributed by atoms with Gasteiger partial charge in [0.05, 0.1) is 5.39 Å². The first-order chi connectivity index (χ1) is 15.1. The molecule has 3 aromatic rings. The molecule has 0 bridgehead atoms. The number of rotatable bonds is 12. The van der Waals surface area contributed by atoms with Gasteiger partial charge in [0.25, 0.3) is 5.91 Å². The monoisotopic (exact) mass is 424 g/mol. The molecule has 0 aliphatic rings. The second-order valence-electron chi connectivity index (χ2n) is 8.08. The van der Waals surface area contributed by atoms with Crippen molar-refractivity contribution in [2.75, 3.05) is 6.54 Å². The molecule has 1 aromatic carbocycles. The van der Waals surface area contributed by atoms with E-state index in [9.17, 15) is 9.59 Å². The summed E-state index contributed by atoms with van der Waals surface area (Å²) in [5, 5.41) is 12.2. The fraction of sp³-hybridized carbons (Fsp3) is 0.480. The standard InChI is InChI=1S/C25H32N2O4/c1-2-3-4-5-6-7-8-9-10-11-16-27-25(29)20-17-19-21(30-24(20)26)14-12-18-13-15-22(28)31-23(18)19/h12-15,17,26H,2-11,16H2,1H3,(H,27,29). The van der Waals surface area contributed by atoms with Gasteiger partial charge in [0, 0.05) is 18.0 Å². The molecule has 2 aromatic heterocycles. The van der Waals surface area contributed by atoms with Gasteiger partial charge in [-0.2, -0.15) is 0 Å². The lowest BCUT2D eigenvalue weighted by molar-refractivity contribution is 0.0948. The largest absolute Gasteiger partial charge is 0.438 e. The Hall–Kier alpha value is -2.89. The van der Waals surface area contributed by atoms with Crippen LogP contribution in [-0.4, -0.2) is 12.5 Å². The van der Waals surface area contributed by atoms with Crippen LogP contribution in [0.2, 0.25) is 0 Å². The van der Waals surface area contributed by atoms with E-state index in [0.717, 1.165) is 18.2 Å². The lowest BCUT2D eigenvalue weighted by atomic mass is 10.1. The minimum absolute atomic E-state index is 0.138. The Morgan fingerprint density at radius 1 is 0.903 bits per heavy atom. The van der Waals surface area contributed by atoms with Crippen LogP contribution in [0.3, 0.4) is 0 Å². The Morgan fingerprint density at radius 3 is 2.26 bits per heavy atom.